The second-order valence-electron chi connectivity index (χ2n) is 8.41. The lowest BCUT2D eigenvalue weighted by Gasteiger charge is -2.43. The Kier molecular flexibility index (Phi) is 5.62. The van der Waals surface area contributed by atoms with Crippen LogP contribution in [-0.4, -0.2) is 33.1 Å². The number of nitrogens with zero attached hydrogens (tertiary/aromatic N) is 4. The Labute approximate surface area is 181 Å². The maximum Gasteiger partial charge on any atom is 0.153 e. The van der Waals surface area contributed by atoms with Crippen LogP contribution in [0.3, 0.4) is 0 Å². The molecule has 1 saturated heterocycles. The molecule has 1 spiro atoms. The fourth-order valence-electron chi connectivity index (χ4n) is 5.02. The second-order valence-corrected chi connectivity index (χ2v) is 9.17. The molecule has 6 nitrogen and oxygen atoms in total. The third-order valence-corrected chi connectivity index (χ3v) is 7.80. The third-order valence-electron chi connectivity index (χ3n) is 6.93. The van der Waals surface area contributed by atoms with Crippen LogP contribution in [0.15, 0.2) is 6.20 Å². The number of pyridine rings is 1. The van der Waals surface area contributed by atoms with E-state index in [1.807, 2.05) is 6.92 Å². The summed E-state index contributed by atoms with van der Waals surface area (Å²) in [6.07, 6.45) is 7.91. The number of aryl methyl sites for hydroxylation is 1. The van der Waals surface area contributed by atoms with Crippen molar-refractivity contribution in [1.82, 2.24) is 15.0 Å². The summed E-state index contributed by atoms with van der Waals surface area (Å²) in [4.78, 5) is 15.9. The highest BCUT2D eigenvalue weighted by Crippen LogP contribution is 2.50. The minimum atomic E-state index is -0.193. The van der Waals surface area contributed by atoms with Gasteiger partial charge in [-0.25, -0.2) is 15.0 Å². The Morgan fingerprint density at radius 3 is 2.55 bits per heavy atom. The predicted molar refractivity (Wildman–Crippen MR) is 117 cm³/mol. The standard InChI is InChI=1S/C21H27Cl2N5O/c1-12-4-3-5-21(12)6-8-28(9-7-21)20-15(11-29)27-18(13(2)26-20)14-10-25-19(24)17(23)16(14)22/h10,12,29H,3-9,11H2,1-2H3,(H2,24,25)/t12-/m1/s1. The highest BCUT2D eigenvalue weighted by molar-refractivity contribution is 6.45. The second kappa shape index (κ2) is 7.89. The number of nitrogens with two attached hydrogens (primary N) is 1. The zero-order valence-corrected chi connectivity index (χ0v) is 18.4. The van der Waals surface area contributed by atoms with Crippen molar-refractivity contribution < 1.29 is 5.11 Å². The first-order chi connectivity index (χ1) is 13.9. The molecule has 0 bridgehead atoms. The molecule has 8 heteroatoms. The molecular weight excluding hydrogens is 409 g/mol. The van der Waals surface area contributed by atoms with Crippen molar-refractivity contribution in [3.63, 3.8) is 0 Å². The fraction of sp³-hybridized carbons (Fsp3) is 0.571. The van der Waals surface area contributed by atoms with Gasteiger partial charge in [0.15, 0.2) is 5.82 Å². The van der Waals surface area contributed by atoms with Gasteiger partial charge in [0, 0.05) is 24.8 Å². The SMILES string of the molecule is Cc1nc(N2CCC3(CCC[C@H]3C)CC2)c(CO)nc1-c1cnc(N)c(Cl)c1Cl. The van der Waals surface area contributed by atoms with Gasteiger partial charge in [-0.2, -0.15) is 0 Å². The van der Waals surface area contributed by atoms with Gasteiger partial charge < -0.3 is 15.7 Å². The molecule has 2 aliphatic rings. The van der Waals surface area contributed by atoms with Crippen LogP contribution in [0.4, 0.5) is 11.6 Å². The summed E-state index contributed by atoms with van der Waals surface area (Å²) in [5.41, 5.74) is 8.61. The normalized spacial score (nSPS) is 21.1. The van der Waals surface area contributed by atoms with Crippen LogP contribution in [-0.2, 0) is 6.61 Å². The molecule has 29 heavy (non-hydrogen) atoms. The van der Waals surface area contributed by atoms with E-state index in [1.54, 1.807) is 6.20 Å². The molecule has 2 aromatic rings. The van der Waals surface area contributed by atoms with E-state index in [2.05, 4.69) is 16.8 Å². The van der Waals surface area contributed by atoms with Crippen molar-refractivity contribution >= 4 is 34.8 Å². The molecule has 3 heterocycles. The van der Waals surface area contributed by atoms with Gasteiger partial charge in [-0.05, 0) is 37.5 Å². The number of rotatable bonds is 3. The molecule has 0 radical (unpaired) electrons. The van der Waals surface area contributed by atoms with E-state index in [1.165, 1.54) is 32.1 Å². The number of hydrogen-bond donors (Lipinski definition) is 2. The minimum absolute atomic E-state index is 0.174. The van der Waals surface area contributed by atoms with Crippen LogP contribution < -0.4 is 10.6 Å². The molecule has 0 unspecified atom stereocenters. The number of aliphatic hydroxyl groups excluding tert-OH is 1. The van der Waals surface area contributed by atoms with E-state index in [-0.39, 0.29) is 17.4 Å². The van der Waals surface area contributed by atoms with Gasteiger partial charge in [0.05, 0.1) is 23.0 Å². The van der Waals surface area contributed by atoms with Gasteiger partial charge >= 0.3 is 0 Å². The van der Waals surface area contributed by atoms with E-state index in [4.69, 9.17) is 38.9 Å². The van der Waals surface area contributed by atoms with E-state index in [9.17, 15) is 5.11 Å². The van der Waals surface area contributed by atoms with Crippen LogP contribution in [0.25, 0.3) is 11.3 Å². The highest BCUT2D eigenvalue weighted by atomic mass is 35.5. The number of halogens is 2. The van der Waals surface area contributed by atoms with Gasteiger partial charge in [0.2, 0.25) is 0 Å². The predicted octanol–water partition coefficient (Wildman–Crippen LogP) is 4.63. The first kappa shape index (κ1) is 20.6. The van der Waals surface area contributed by atoms with Crippen molar-refractivity contribution in [2.45, 2.75) is 52.6 Å². The topological polar surface area (TPSA) is 88.2 Å². The fourth-order valence-corrected chi connectivity index (χ4v) is 5.41. The van der Waals surface area contributed by atoms with Crippen LogP contribution in [0, 0.1) is 18.3 Å². The lowest BCUT2D eigenvalue weighted by atomic mass is 9.71. The van der Waals surface area contributed by atoms with E-state index in [0.29, 0.717) is 27.4 Å². The van der Waals surface area contributed by atoms with Gasteiger partial charge in [-0.3, -0.25) is 0 Å². The molecule has 1 atom stereocenters. The molecule has 2 aromatic heterocycles. The number of aromatic nitrogens is 3. The number of piperidine rings is 1. The maximum atomic E-state index is 10.0. The number of nitrogen functional groups attached to an aromatic ring is 1. The lowest BCUT2D eigenvalue weighted by Crippen LogP contribution is -2.42. The Bertz CT molecular complexity index is 928. The lowest BCUT2D eigenvalue weighted by molar-refractivity contribution is 0.161. The number of anilines is 2. The molecule has 1 aliphatic carbocycles. The average Bonchev–Trinajstić information content (AvgIpc) is 3.07. The molecule has 0 aromatic carbocycles. The first-order valence-electron chi connectivity index (χ1n) is 10.2. The van der Waals surface area contributed by atoms with E-state index in [0.717, 1.165) is 30.5 Å². The van der Waals surface area contributed by atoms with Gasteiger partial charge in [-0.15, -0.1) is 0 Å². The van der Waals surface area contributed by atoms with Crippen molar-refractivity contribution in [3.05, 3.63) is 27.6 Å². The Hall–Kier alpha value is -1.63. The molecule has 1 saturated carbocycles. The molecule has 4 rings (SSSR count). The van der Waals surface area contributed by atoms with Crippen molar-refractivity contribution in [3.8, 4) is 11.3 Å². The summed E-state index contributed by atoms with van der Waals surface area (Å²) in [6, 6.07) is 0. The largest absolute Gasteiger partial charge is 0.390 e. The summed E-state index contributed by atoms with van der Waals surface area (Å²) in [6.45, 7) is 5.98. The smallest absolute Gasteiger partial charge is 0.153 e. The quantitative estimate of drug-likeness (QED) is 0.729. The first-order valence-corrected chi connectivity index (χ1v) is 10.9. The minimum Gasteiger partial charge on any atom is -0.390 e. The molecule has 2 fully saturated rings. The highest BCUT2D eigenvalue weighted by Gasteiger charge is 2.42. The molecule has 156 valence electrons. The van der Waals surface area contributed by atoms with E-state index < -0.39 is 0 Å². The third kappa shape index (κ3) is 3.56. The van der Waals surface area contributed by atoms with Crippen LogP contribution in [0.1, 0.15) is 50.4 Å². The Morgan fingerprint density at radius 1 is 1.21 bits per heavy atom. The molecule has 1 aliphatic heterocycles. The van der Waals surface area contributed by atoms with E-state index >= 15 is 0 Å². The summed E-state index contributed by atoms with van der Waals surface area (Å²) in [5.74, 6) is 1.73. The summed E-state index contributed by atoms with van der Waals surface area (Å²) in [5, 5.41) is 10.5. The van der Waals surface area contributed by atoms with Gasteiger partial charge in [0.25, 0.3) is 0 Å². The maximum absolute atomic E-state index is 10.0. The molecule has 3 N–H and O–H groups in total. The van der Waals surface area contributed by atoms with Gasteiger partial charge in [-0.1, -0.05) is 43.0 Å². The average molecular weight is 436 g/mol. The van der Waals surface area contributed by atoms with Crippen molar-refractivity contribution in [2.24, 2.45) is 11.3 Å². The van der Waals surface area contributed by atoms with Crippen LogP contribution in [0.2, 0.25) is 10.0 Å². The Morgan fingerprint density at radius 2 is 1.93 bits per heavy atom. The number of hydrogen-bond acceptors (Lipinski definition) is 6. The number of aliphatic hydroxyl groups is 1. The van der Waals surface area contributed by atoms with Crippen LogP contribution >= 0.6 is 23.2 Å². The van der Waals surface area contributed by atoms with Gasteiger partial charge in [0.1, 0.15) is 16.5 Å². The summed E-state index contributed by atoms with van der Waals surface area (Å²) >= 11 is 12.5. The summed E-state index contributed by atoms with van der Waals surface area (Å²) < 4.78 is 0. The monoisotopic (exact) mass is 435 g/mol. The van der Waals surface area contributed by atoms with Crippen molar-refractivity contribution in [1.29, 1.82) is 0 Å². The van der Waals surface area contributed by atoms with Crippen LogP contribution in [0.5, 0.6) is 0 Å². The summed E-state index contributed by atoms with van der Waals surface area (Å²) in [7, 11) is 0. The Balaban J connectivity index is 1.65. The zero-order chi connectivity index (χ0) is 20.8. The molecular formula is C21H27Cl2N5O. The van der Waals surface area contributed by atoms with Crippen molar-refractivity contribution in [2.75, 3.05) is 23.7 Å². The molecule has 0 amide bonds. The zero-order valence-electron chi connectivity index (χ0n) is 16.9.